The maximum Gasteiger partial charge on any atom is 0.240 e. The molecule has 1 aliphatic heterocycles. The second kappa shape index (κ2) is 5.85. The van der Waals surface area contributed by atoms with Crippen molar-refractivity contribution >= 4 is 17.2 Å². The van der Waals surface area contributed by atoms with Crippen LogP contribution < -0.4 is 5.73 Å². The van der Waals surface area contributed by atoms with E-state index in [1.54, 1.807) is 11.3 Å². The number of rotatable bonds is 4. The van der Waals surface area contributed by atoms with Crippen molar-refractivity contribution in [3.63, 3.8) is 0 Å². The van der Waals surface area contributed by atoms with Crippen molar-refractivity contribution in [3.05, 3.63) is 22.4 Å². The van der Waals surface area contributed by atoms with Gasteiger partial charge in [0.1, 0.15) is 0 Å². The minimum Gasteiger partial charge on any atom is -0.334 e. The summed E-state index contributed by atoms with van der Waals surface area (Å²) < 4.78 is 0. The molecule has 0 bridgehead atoms. The SMILES string of the molecule is CCC(C)[C@H](N)C(=O)N1CCCC1c1ccsc1. The molecule has 1 aromatic heterocycles. The summed E-state index contributed by atoms with van der Waals surface area (Å²) in [6.07, 6.45) is 3.10. The van der Waals surface area contributed by atoms with Crippen LogP contribution in [0.5, 0.6) is 0 Å². The molecular formula is C14H22N2OS. The van der Waals surface area contributed by atoms with Crippen LogP contribution in [0.3, 0.4) is 0 Å². The zero-order valence-corrected chi connectivity index (χ0v) is 12.0. The molecule has 4 heteroatoms. The van der Waals surface area contributed by atoms with Crippen molar-refractivity contribution < 1.29 is 4.79 Å². The van der Waals surface area contributed by atoms with Crippen LogP contribution in [0.1, 0.15) is 44.7 Å². The van der Waals surface area contributed by atoms with Gasteiger partial charge in [0.15, 0.2) is 0 Å². The molecule has 1 fully saturated rings. The van der Waals surface area contributed by atoms with Gasteiger partial charge in [0.25, 0.3) is 0 Å². The Balaban J connectivity index is 2.10. The van der Waals surface area contributed by atoms with Gasteiger partial charge in [0.05, 0.1) is 12.1 Å². The van der Waals surface area contributed by atoms with E-state index < -0.39 is 0 Å². The lowest BCUT2D eigenvalue weighted by molar-refractivity contribution is -0.134. The van der Waals surface area contributed by atoms with Gasteiger partial charge in [0, 0.05) is 6.54 Å². The van der Waals surface area contributed by atoms with E-state index in [0.717, 1.165) is 25.8 Å². The van der Waals surface area contributed by atoms with Crippen LogP contribution in [0.2, 0.25) is 0 Å². The van der Waals surface area contributed by atoms with Gasteiger partial charge in [0.2, 0.25) is 5.91 Å². The standard InChI is InChI=1S/C14H22N2OS/c1-3-10(2)13(15)14(17)16-7-4-5-12(16)11-6-8-18-9-11/h6,8-10,12-13H,3-5,7,15H2,1-2H3/t10?,12?,13-/m0/s1. The van der Waals surface area contributed by atoms with E-state index in [4.69, 9.17) is 5.73 Å². The molecule has 1 saturated heterocycles. The summed E-state index contributed by atoms with van der Waals surface area (Å²) in [6, 6.07) is 2.02. The first kappa shape index (κ1) is 13.6. The number of amides is 1. The van der Waals surface area contributed by atoms with Gasteiger partial charge in [-0.2, -0.15) is 11.3 Å². The van der Waals surface area contributed by atoms with Gasteiger partial charge < -0.3 is 10.6 Å². The molecule has 0 radical (unpaired) electrons. The van der Waals surface area contributed by atoms with E-state index in [1.807, 2.05) is 4.90 Å². The summed E-state index contributed by atoms with van der Waals surface area (Å²) in [5.41, 5.74) is 7.34. The van der Waals surface area contributed by atoms with Crippen molar-refractivity contribution in [1.29, 1.82) is 0 Å². The molecule has 2 heterocycles. The van der Waals surface area contributed by atoms with Crippen molar-refractivity contribution in [1.82, 2.24) is 4.90 Å². The van der Waals surface area contributed by atoms with E-state index in [2.05, 4.69) is 30.7 Å². The molecule has 0 aliphatic carbocycles. The maximum atomic E-state index is 12.5. The van der Waals surface area contributed by atoms with Gasteiger partial charge in [-0.05, 0) is 41.1 Å². The molecule has 0 aromatic carbocycles. The average molecular weight is 266 g/mol. The molecule has 3 nitrogen and oxygen atoms in total. The molecule has 0 spiro atoms. The highest BCUT2D eigenvalue weighted by Crippen LogP contribution is 2.33. The second-order valence-corrected chi connectivity index (χ2v) is 5.94. The first-order chi connectivity index (χ1) is 8.65. The van der Waals surface area contributed by atoms with E-state index in [1.165, 1.54) is 5.56 Å². The summed E-state index contributed by atoms with van der Waals surface area (Å²) >= 11 is 1.69. The van der Waals surface area contributed by atoms with Gasteiger partial charge >= 0.3 is 0 Å². The predicted octanol–water partition coefficient (Wildman–Crippen LogP) is 2.79. The topological polar surface area (TPSA) is 46.3 Å². The largest absolute Gasteiger partial charge is 0.334 e. The Morgan fingerprint density at radius 1 is 1.67 bits per heavy atom. The third-order valence-corrected chi connectivity index (χ3v) is 4.71. The number of hydrogen-bond donors (Lipinski definition) is 1. The first-order valence-corrected chi connectivity index (χ1v) is 7.67. The summed E-state index contributed by atoms with van der Waals surface area (Å²) in [6.45, 7) is 4.99. The smallest absolute Gasteiger partial charge is 0.240 e. The number of nitrogens with zero attached hydrogens (tertiary/aromatic N) is 1. The number of nitrogens with two attached hydrogens (primary N) is 1. The van der Waals surface area contributed by atoms with Gasteiger partial charge in [-0.15, -0.1) is 0 Å². The van der Waals surface area contributed by atoms with Crippen LogP contribution in [0.4, 0.5) is 0 Å². The first-order valence-electron chi connectivity index (χ1n) is 6.73. The van der Waals surface area contributed by atoms with Gasteiger partial charge in [-0.25, -0.2) is 0 Å². The van der Waals surface area contributed by atoms with Crippen LogP contribution in [-0.4, -0.2) is 23.4 Å². The molecule has 1 aromatic rings. The Labute approximate surface area is 113 Å². The van der Waals surface area contributed by atoms with Crippen LogP contribution in [-0.2, 0) is 4.79 Å². The lowest BCUT2D eigenvalue weighted by Gasteiger charge is -2.29. The fourth-order valence-electron chi connectivity index (χ4n) is 2.53. The summed E-state index contributed by atoms with van der Waals surface area (Å²) in [4.78, 5) is 14.4. The zero-order chi connectivity index (χ0) is 13.1. The van der Waals surface area contributed by atoms with E-state index in [-0.39, 0.29) is 23.9 Å². The number of thiophene rings is 1. The Morgan fingerprint density at radius 2 is 2.44 bits per heavy atom. The highest BCUT2D eigenvalue weighted by Gasteiger charge is 2.34. The van der Waals surface area contributed by atoms with E-state index in [0.29, 0.717) is 0 Å². The van der Waals surface area contributed by atoms with E-state index >= 15 is 0 Å². The Kier molecular flexibility index (Phi) is 4.40. The highest BCUT2D eigenvalue weighted by molar-refractivity contribution is 7.07. The average Bonchev–Trinajstić information content (AvgIpc) is 3.05. The van der Waals surface area contributed by atoms with Crippen LogP contribution in [0.25, 0.3) is 0 Å². The molecule has 2 unspecified atom stereocenters. The minimum absolute atomic E-state index is 0.123. The van der Waals surface area contributed by atoms with Crippen molar-refractivity contribution in [3.8, 4) is 0 Å². The number of carbonyl (C=O) groups is 1. The van der Waals surface area contributed by atoms with E-state index in [9.17, 15) is 4.79 Å². The Morgan fingerprint density at radius 3 is 3.06 bits per heavy atom. The number of hydrogen-bond acceptors (Lipinski definition) is 3. The Bertz CT molecular complexity index is 391. The maximum absolute atomic E-state index is 12.5. The normalized spacial score (nSPS) is 23.1. The van der Waals surface area contributed by atoms with Gasteiger partial charge in [-0.3, -0.25) is 4.79 Å². The molecule has 2 N–H and O–H groups in total. The van der Waals surface area contributed by atoms with Crippen molar-refractivity contribution in [2.45, 2.75) is 45.2 Å². The molecule has 100 valence electrons. The van der Waals surface area contributed by atoms with Crippen LogP contribution in [0, 0.1) is 5.92 Å². The molecule has 1 aliphatic rings. The van der Waals surface area contributed by atoms with Gasteiger partial charge in [-0.1, -0.05) is 20.3 Å². The minimum atomic E-state index is -0.353. The molecule has 18 heavy (non-hydrogen) atoms. The Hall–Kier alpha value is -0.870. The number of carbonyl (C=O) groups excluding carboxylic acids is 1. The van der Waals surface area contributed by atoms with Crippen molar-refractivity contribution in [2.75, 3.05) is 6.54 Å². The number of likely N-dealkylation sites (tertiary alicyclic amines) is 1. The predicted molar refractivity (Wildman–Crippen MR) is 75.4 cm³/mol. The fourth-order valence-corrected chi connectivity index (χ4v) is 3.24. The second-order valence-electron chi connectivity index (χ2n) is 5.16. The fraction of sp³-hybridized carbons (Fsp3) is 0.643. The molecule has 1 amide bonds. The lowest BCUT2D eigenvalue weighted by atomic mass is 9.98. The summed E-state index contributed by atoms with van der Waals surface area (Å²) in [7, 11) is 0. The highest BCUT2D eigenvalue weighted by atomic mass is 32.1. The molecule has 2 rings (SSSR count). The summed E-state index contributed by atoms with van der Waals surface area (Å²) in [5, 5.41) is 4.22. The third-order valence-electron chi connectivity index (χ3n) is 4.01. The summed E-state index contributed by atoms with van der Waals surface area (Å²) in [5.74, 6) is 0.374. The molecule has 3 atom stereocenters. The van der Waals surface area contributed by atoms with Crippen LogP contribution >= 0.6 is 11.3 Å². The zero-order valence-electron chi connectivity index (χ0n) is 11.1. The molecular weight excluding hydrogens is 244 g/mol. The van der Waals surface area contributed by atoms with Crippen LogP contribution in [0.15, 0.2) is 16.8 Å². The third kappa shape index (κ3) is 2.59. The molecule has 0 saturated carbocycles. The van der Waals surface area contributed by atoms with Crippen molar-refractivity contribution in [2.24, 2.45) is 11.7 Å². The monoisotopic (exact) mass is 266 g/mol. The lowest BCUT2D eigenvalue weighted by Crippen LogP contribution is -2.46. The quantitative estimate of drug-likeness (QED) is 0.911.